The van der Waals surface area contributed by atoms with Crippen LogP contribution in [0.25, 0.3) is 5.69 Å². The maximum atomic E-state index is 14.0. The van der Waals surface area contributed by atoms with Crippen LogP contribution in [0.3, 0.4) is 0 Å². The van der Waals surface area contributed by atoms with E-state index in [1.165, 1.54) is 12.4 Å². The number of amides is 1. The number of carbonyl (C=O) groups is 1. The number of nitriles is 1. The van der Waals surface area contributed by atoms with Crippen molar-refractivity contribution in [2.24, 2.45) is 0 Å². The van der Waals surface area contributed by atoms with Gasteiger partial charge in [0.05, 0.1) is 47.8 Å². The van der Waals surface area contributed by atoms with E-state index in [9.17, 15) is 14.4 Å². The van der Waals surface area contributed by atoms with Crippen molar-refractivity contribution in [1.29, 1.82) is 5.26 Å². The Morgan fingerprint density at radius 2 is 2.17 bits per heavy atom. The highest BCUT2D eigenvalue weighted by molar-refractivity contribution is 5.84. The van der Waals surface area contributed by atoms with E-state index in [0.29, 0.717) is 31.8 Å². The summed E-state index contributed by atoms with van der Waals surface area (Å²) in [6.45, 7) is 4.88. The molecule has 11 heteroatoms. The number of piperazine rings is 1. The van der Waals surface area contributed by atoms with Crippen molar-refractivity contribution in [3.8, 4) is 11.8 Å². The highest BCUT2D eigenvalue weighted by atomic mass is 19.1. The lowest BCUT2D eigenvalue weighted by Gasteiger charge is -2.46. The molecule has 0 spiro atoms. The third-order valence-electron chi connectivity index (χ3n) is 7.65. The molecule has 0 bridgehead atoms. The van der Waals surface area contributed by atoms with Gasteiger partial charge in [-0.05, 0) is 59.0 Å². The molecule has 10 nitrogen and oxygen atoms in total. The molecule has 3 atom stereocenters. The Hall–Kier alpha value is -3.75. The predicted octanol–water partition coefficient (Wildman–Crippen LogP) is 1.69. The Morgan fingerprint density at radius 3 is 2.97 bits per heavy atom. The number of hydrogen-bond donors (Lipinski definition) is 0. The Balaban J connectivity index is 1.12. The van der Waals surface area contributed by atoms with Crippen molar-refractivity contribution in [2.75, 3.05) is 32.8 Å². The maximum absolute atomic E-state index is 14.0. The fourth-order valence-corrected chi connectivity index (χ4v) is 5.68. The fourth-order valence-electron chi connectivity index (χ4n) is 5.68. The average Bonchev–Trinajstić information content (AvgIpc) is 3.58. The van der Waals surface area contributed by atoms with Gasteiger partial charge in [-0.2, -0.15) is 9.94 Å². The number of morpholine rings is 1. The van der Waals surface area contributed by atoms with E-state index >= 15 is 0 Å². The monoisotopic (exact) mass is 488 g/mol. The Morgan fingerprint density at radius 1 is 1.28 bits per heavy atom. The average molecular weight is 489 g/mol. The highest BCUT2D eigenvalue weighted by Gasteiger charge is 2.39. The van der Waals surface area contributed by atoms with Crippen LogP contribution in [-0.2, 0) is 16.0 Å². The molecule has 1 aliphatic carbocycles. The molecule has 4 heterocycles. The van der Waals surface area contributed by atoms with Crippen molar-refractivity contribution >= 4 is 5.91 Å². The van der Waals surface area contributed by atoms with E-state index in [0.717, 1.165) is 41.9 Å². The van der Waals surface area contributed by atoms with Gasteiger partial charge in [0.2, 0.25) is 5.91 Å². The molecule has 2 aromatic heterocycles. The lowest BCUT2D eigenvalue weighted by Crippen LogP contribution is -2.60. The molecule has 2 fully saturated rings. The van der Waals surface area contributed by atoms with Gasteiger partial charge >= 0.3 is 0 Å². The molecule has 184 valence electrons. The summed E-state index contributed by atoms with van der Waals surface area (Å²) in [6.07, 6.45) is 4.55. The SMILES string of the molecule is Cc1c([C@@H]2CN3CCN(C(=O)C4CCc5cc(-n6cnnn6)cnc54)C[C@H]3CO2)ccc(F)c1C#N. The molecule has 0 saturated carbocycles. The fraction of sp³-hybridized carbons (Fsp3) is 0.440. The first-order valence-electron chi connectivity index (χ1n) is 12.1. The number of aryl methyl sites for hydroxylation is 1. The third kappa shape index (κ3) is 3.83. The minimum Gasteiger partial charge on any atom is -0.370 e. The van der Waals surface area contributed by atoms with Crippen molar-refractivity contribution in [3.05, 3.63) is 64.5 Å². The molecule has 1 amide bonds. The van der Waals surface area contributed by atoms with E-state index < -0.39 is 5.82 Å². The van der Waals surface area contributed by atoms with Gasteiger partial charge in [0, 0.05) is 26.2 Å². The van der Waals surface area contributed by atoms with Gasteiger partial charge in [-0.25, -0.2) is 4.39 Å². The summed E-state index contributed by atoms with van der Waals surface area (Å²) in [5.41, 5.74) is 4.25. The minimum atomic E-state index is -0.505. The van der Waals surface area contributed by atoms with Crippen LogP contribution in [0.5, 0.6) is 0 Å². The third-order valence-corrected chi connectivity index (χ3v) is 7.65. The van der Waals surface area contributed by atoms with Crippen molar-refractivity contribution in [3.63, 3.8) is 0 Å². The molecule has 36 heavy (non-hydrogen) atoms. The molecule has 0 radical (unpaired) electrons. The smallest absolute Gasteiger partial charge is 0.231 e. The van der Waals surface area contributed by atoms with Crippen molar-refractivity contribution < 1.29 is 13.9 Å². The second-order valence-electron chi connectivity index (χ2n) is 9.59. The van der Waals surface area contributed by atoms with E-state index in [2.05, 4.69) is 25.4 Å². The summed E-state index contributed by atoms with van der Waals surface area (Å²) in [5.74, 6) is -0.626. The van der Waals surface area contributed by atoms with Gasteiger partial charge in [0.25, 0.3) is 0 Å². The summed E-state index contributed by atoms with van der Waals surface area (Å²) in [7, 11) is 0. The molecule has 2 saturated heterocycles. The van der Waals surface area contributed by atoms with E-state index in [1.54, 1.807) is 23.9 Å². The van der Waals surface area contributed by atoms with Crippen LogP contribution >= 0.6 is 0 Å². The van der Waals surface area contributed by atoms with E-state index in [1.807, 2.05) is 17.0 Å². The standard InChI is InChI=1S/C25H25FN8O2/c1-15-19(4-5-22(26)21(15)9-27)23-12-32-6-7-33(11-18(32)13-36-23)25(35)20-3-2-16-8-17(10-28-24(16)20)34-14-29-30-31-34/h4-5,8,10,14,18,20,23H,2-3,6-7,11-13H2,1H3/t18-,20?,23-/m0/s1. The largest absolute Gasteiger partial charge is 0.370 e. The topological polar surface area (TPSA) is 113 Å². The number of aromatic nitrogens is 5. The molecular formula is C25H25FN8O2. The van der Waals surface area contributed by atoms with Gasteiger partial charge in [-0.3, -0.25) is 14.7 Å². The molecular weight excluding hydrogens is 463 g/mol. The summed E-state index contributed by atoms with van der Waals surface area (Å²) in [6, 6.07) is 7.12. The number of nitrogens with zero attached hydrogens (tertiary/aromatic N) is 8. The van der Waals surface area contributed by atoms with Crippen LogP contribution < -0.4 is 0 Å². The number of carbonyl (C=O) groups excluding carboxylic acids is 1. The van der Waals surface area contributed by atoms with Gasteiger partial charge in [-0.15, -0.1) is 5.10 Å². The van der Waals surface area contributed by atoms with Crippen molar-refractivity contribution in [2.45, 2.75) is 37.8 Å². The molecule has 3 aromatic rings. The zero-order valence-electron chi connectivity index (χ0n) is 19.8. The zero-order valence-corrected chi connectivity index (χ0v) is 19.8. The van der Waals surface area contributed by atoms with Crippen LogP contribution in [0.15, 0.2) is 30.7 Å². The number of benzene rings is 1. The van der Waals surface area contributed by atoms with Crippen LogP contribution in [0.1, 0.15) is 46.4 Å². The van der Waals surface area contributed by atoms with Gasteiger partial charge in [-0.1, -0.05) is 6.07 Å². The van der Waals surface area contributed by atoms with Crippen LogP contribution in [0, 0.1) is 24.1 Å². The number of pyridine rings is 1. The normalized spacial score (nSPS) is 23.7. The van der Waals surface area contributed by atoms with Crippen LogP contribution in [0.4, 0.5) is 4.39 Å². The van der Waals surface area contributed by atoms with Gasteiger partial charge in [0.1, 0.15) is 18.2 Å². The number of rotatable bonds is 3. The van der Waals surface area contributed by atoms with Gasteiger partial charge in [0.15, 0.2) is 0 Å². The summed E-state index contributed by atoms with van der Waals surface area (Å²) in [5, 5.41) is 20.6. The molecule has 0 N–H and O–H groups in total. The maximum Gasteiger partial charge on any atom is 0.231 e. The Bertz CT molecular complexity index is 1350. The number of fused-ring (bicyclic) bond motifs is 2. The number of hydrogen-bond acceptors (Lipinski definition) is 8. The van der Waals surface area contributed by atoms with Gasteiger partial charge < -0.3 is 9.64 Å². The first-order valence-corrected chi connectivity index (χ1v) is 12.1. The van der Waals surface area contributed by atoms with Crippen LogP contribution in [-0.4, -0.2) is 79.7 Å². The van der Waals surface area contributed by atoms with E-state index in [4.69, 9.17) is 4.74 Å². The second-order valence-corrected chi connectivity index (χ2v) is 9.59. The second kappa shape index (κ2) is 9.04. The quantitative estimate of drug-likeness (QED) is 0.547. The number of ether oxygens (including phenoxy) is 1. The summed E-state index contributed by atoms with van der Waals surface area (Å²) in [4.78, 5) is 22.4. The summed E-state index contributed by atoms with van der Waals surface area (Å²) >= 11 is 0. The lowest BCUT2D eigenvalue weighted by atomic mass is 9.96. The lowest BCUT2D eigenvalue weighted by molar-refractivity contribution is -0.141. The Kier molecular flexibility index (Phi) is 5.70. The summed E-state index contributed by atoms with van der Waals surface area (Å²) < 4.78 is 21.7. The zero-order chi connectivity index (χ0) is 24.8. The Labute approximate surface area is 207 Å². The number of tetrazole rings is 1. The molecule has 1 unspecified atom stereocenters. The van der Waals surface area contributed by atoms with E-state index in [-0.39, 0.29) is 29.5 Å². The molecule has 3 aliphatic rings. The number of halogens is 1. The van der Waals surface area contributed by atoms with Crippen LogP contribution in [0.2, 0.25) is 0 Å². The minimum absolute atomic E-state index is 0.0733. The highest BCUT2D eigenvalue weighted by Crippen LogP contribution is 2.35. The first-order chi connectivity index (χ1) is 17.5. The molecule has 6 rings (SSSR count). The first kappa shape index (κ1) is 22.7. The molecule has 1 aromatic carbocycles. The predicted molar refractivity (Wildman–Crippen MR) is 124 cm³/mol. The molecule has 2 aliphatic heterocycles. The van der Waals surface area contributed by atoms with Crippen molar-refractivity contribution in [1.82, 2.24) is 35.0 Å².